The Labute approximate surface area is 96.9 Å². The van der Waals surface area contributed by atoms with E-state index in [1.807, 2.05) is 6.92 Å². The van der Waals surface area contributed by atoms with Crippen LogP contribution < -0.4 is 5.32 Å². The maximum atomic E-state index is 11.9. The van der Waals surface area contributed by atoms with E-state index in [9.17, 15) is 4.79 Å². The molecule has 0 aromatic carbocycles. The highest BCUT2D eigenvalue weighted by molar-refractivity contribution is 5.79. The lowest BCUT2D eigenvalue weighted by Gasteiger charge is -2.36. The highest BCUT2D eigenvalue weighted by Crippen LogP contribution is 2.54. The van der Waals surface area contributed by atoms with Crippen molar-refractivity contribution < 1.29 is 9.53 Å². The second-order valence-electron chi connectivity index (χ2n) is 5.68. The Morgan fingerprint density at radius 1 is 1.19 bits per heavy atom. The van der Waals surface area contributed by atoms with Crippen LogP contribution in [0.15, 0.2) is 0 Å². The van der Waals surface area contributed by atoms with E-state index < -0.39 is 0 Å². The van der Waals surface area contributed by atoms with Crippen LogP contribution in [-0.4, -0.2) is 24.7 Å². The predicted molar refractivity (Wildman–Crippen MR) is 60.9 cm³/mol. The zero-order chi connectivity index (χ0) is 11.1. The molecule has 0 heterocycles. The van der Waals surface area contributed by atoms with E-state index in [1.165, 1.54) is 6.42 Å². The van der Waals surface area contributed by atoms with Crippen LogP contribution >= 0.6 is 0 Å². The van der Waals surface area contributed by atoms with E-state index in [0.717, 1.165) is 44.1 Å². The van der Waals surface area contributed by atoms with E-state index in [4.69, 9.17) is 4.74 Å². The van der Waals surface area contributed by atoms with Gasteiger partial charge >= 0.3 is 0 Å². The topological polar surface area (TPSA) is 38.3 Å². The van der Waals surface area contributed by atoms with E-state index in [0.29, 0.717) is 24.0 Å². The fourth-order valence-electron chi connectivity index (χ4n) is 3.30. The minimum atomic E-state index is 0.312. The average Bonchev–Trinajstić information content (AvgIpc) is 2.82. The molecule has 3 nitrogen and oxygen atoms in total. The van der Waals surface area contributed by atoms with Gasteiger partial charge in [-0.25, -0.2) is 0 Å². The number of ether oxygens (including phenoxy) is 1. The van der Waals surface area contributed by atoms with Gasteiger partial charge in [0.05, 0.1) is 6.10 Å². The zero-order valence-corrected chi connectivity index (χ0v) is 9.95. The summed E-state index contributed by atoms with van der Waals surface area (Å²) < 4.78 is 5.49. The van der Waals surface area contributed by atoms with Gasteiger partial charge < -0.3 is 10.1 Å². The van der Waals surface area contributed by atoms with Crippen molar-refractivity contribution in [2.45, 2.75) is 51.2 Å². The van der Waals surface area contributed by atoms with Crippen molar-refractivity contribution >= 4 is 5.91 Å². The first-order valence-corrected chi connectivity index (χ1v) is 6.68. The van der Waals surface area contributed by atoms with Crippen molar-refractivity contribution in [3.05, 3.63) is 0 Å². The van der Waals surface area contributed by atoms with Gasteiger partial charge in [0.1, 0.15) is 0 Å². The molecule has 0 saturated heterocycles. The fourth-order valence-corrected chi connectivity index (χ4v) is 3.30. The van der Waals surface area contributed by atoms with Gasteiger partial charge in [0.25, 0.3) is 0 Å². The molecule has 2 unspecified atom stereocenters. The minimum absolute atomic E-state index is 0.312. The van der Waals surface area contributed by atoms with Crippen molar-refractivity contribution in [3.8, 4) is 0 Å². The number of amides is 1. The molecular formula is C13H21NO2. The van der Waals surface area contributed by atoms with E-state index in [2.05, 4.69) is 5.32 Å². The van der Waals surface area contributed by atoms with Gasteiger partial charge in [-0.2, -0.15) is 0 Å². The SMILES string of the molecule is CCOC1CC(NC(=O)C2CC3CC3C2)C1. The Balaban J connectivity index is 1.38. The second-order valence-corrected chi connectivity index (χ2v) is 5.68. The minimum Gasteiger partial charge on any atom is -0.378 e. The summed E-state index contributed by atoms with van der Waals surface area (Å²) in [6.45, 7) is 2.81. The van der Waals surface area contributed by atoms with Crippen molar-refractivity contribution in [2.75, 3.05) is 6.61 Å². The number of carbonyl (C=O) groups excluding carboxylic acids is 1. The van der Waals surface area contributed by atoms with Gasteiger partial charge in [-0.15, -0.1) is 0 Å². The highest BCUT2D eigenvalue weighted by atomic mass is 16.5. The smallest absolute Gasteiger partial charge is 0.223 e. The third kappa shape index (κ3) is 1.97. The molecule has 0 aromatic rings. The van der Waals surface area contributed by atoms with Crippen LogP contribution in [0.4, 0.5) is 0 Å². The van der Waals surface area contributed by atoms with Crippen LogP contribution in [0.3, 0.4) is 0 Å². The molecule has 3 aliphatic rings. The Bertz CT molecular complexity index is 276. The van der Waals surface area contributed by atoms with Crippen LogP contribution in [0.5, 0.6) is 0 Å². The number of hydrogen-bond acceptors (Lipinski definition) is 2. The molecule has 0 radical (unpaired) electrons. The van der Waals surface area contributed by atoms with Gasteiger partial charge in [-0.1, -0.05) is 0 Å². The zero-order valence-electron chi connectivity index (χ0n) is 9.95. The van der Waals surface area contributed by atoms with Crippen LogP contribution in [0.25, 0.3) is 0 Å². The average molecular weight is 223 g/mol. The molecule has 90 valence electrons. The molecule has 2 atom stereocenters. The van der Waals surface area contributed by atoms with Gasteiger partial charge in [-0.05, 0) is 50.9 Å². The molecule has 0 bridgehead atoms. The molecule has 3 heteroatoms. The lowest BCUT2D eigenvalue weighted by molar-refractivity contribution is -0.127. The first-order chi connectivity index (χ1) is 7.76. The van der Waals surface area contributed by atoms with E-state index >= 15 is 0 Å². The number of nitrogens with one attached hydrogen (secondary N) is 1. The summed E-state index contributed by atoms with van der Waals surface area (Å²) in [6, 6.07) is 0.390. The molecule has 1 N–H and O–H groups in total. The van der Waals surface area contributed by atoms with Crippen LogP contribution in [0.1, 0.15) is 39.0 Å². The number of carbonyl (C=O) groups is 1. The lowest BCUT2D eigenvalue weighted by atomic mass is 9.88. The Hall–Kier alpha value is -0.570. The second kappa shape index (κ2) is 4.02. The summed E-state index contributed by atoms with van der Waals surface area (Å²) in [7, 11) is 0. The molecule has 3 saturated carbocycles. The molecule has 0 spiro atoms. The Morgan fingerprint density at radius 3 is 2.50 bits per heavy atom. The van der Waals surface area contributed by atoms with E-state index in [-0.39, 0.29) is 0 Å². The van der Waals surface area contributed by atoms with Crippen molar-refractivity contribution in [1.82, 2.24) is 5.32 Å². The highest BCUT2D eigenvalue weighted by Gasteiger charge is 2.48. The monoisotopic (exact) mass is 223 g/mol. The normalized spacial score (nSPS) is 44.7. The maximum absolute atomic E-state index is 11.9. The summed E-state index contributed by atoms with van der Waals surface area (Å²) in [4.78, 5) is 11.9. The van der Waals surface area contributed by atoms with Gasteiger partial charge in [-0.3, -0.25) is 4.79 Å². The molecule has 0 aliphatic heterocycles. The Kier molecular flexibility index (Phi) is 2.66. The fraction of sp³-hybridized carbons (Fsp3) is 0.923. The van der Waals surface area contributed by atoms with Gasteiger partial charge in [0, 0.05) is 18.6 Å². The quantitative estimate of drug-likeness (QED) is 0.788. The molecule has 3 rings (SSSR count). The molecule has 3 fully saturated rings. The van der Waals surface area contributed by atoms with Gasteiger partial charge in [0.15, 0.2) is 0 Å². The number of rotatable bonds is 4. The standard InChI is InChI=1S/C13H21NO2/c1-2-16-12-6-11(7-12)14-13(15)10-4-8-3-9(8)5-10/h8-12H,2-7H2,1H3,(H,14,15). The predicted octanol–water partition coefficient (Wildman–Crippen LogP) is 1.72. The molecule has 16 heavy (non-hydrogen) atoms. The largest absolute Gasteiger partial charge is 0.378 e. The Morgan fingerprint density at radius 2 is 1.88 bits per heavy atom. The number of hydrogen-bond donors (Lipinski definition) is 1. The third-order valence-corrected chi connectivity index (χ3v) is 4.46. The van der Waals surface area contributed by atoms with Crippen molar-refractivity contribution in [1.29, 1.82) is 0 Å². The number of fused-ring (bicyclic) bond motifs is 1. The van der Waals surface area contributed by atoms with Crippen molar-refractivity contribution in [2.24, 2.45) is 17.8 Å². The lowest BCUT2D eigenvalue weighted by Crippen LogP contribution is -2.49. The van der Waals surface area contributed by atoms with Crippen molar-refractivity contribution in [3.63, 3.8) is 0 Å². The molecular weight excluding hydrogens is 202 g/mol. The summed E-state index contributed by atoms with van der Waals surface area (Å²) >= 11 is 0. The molecule has 1 amide bonds. The summed E-state index contributed by atoms with van der Waals surface area (Å²) in [6.07, 6.45) is 6.11. The summed E-state index contributed by atoms with van der Waals surface area (Å²) in [5.74, 6) is 2.43. The molecule has 3 aliphatic carbocycles. The first kappa shape index (κ1) is 10.6. The maximum Gasteiger partial charge on any atom is 0.223 e. The molecule has 0 aromatic heterocycles. The van der Waals surface area contributed by atoms with Crippen LogP contribution in [0, 0.1) is 17.8 Å². The first-order valence-electron chi connectivity index (χ1n) is 6.68. The van der Waals surface area contributed by atoms with E-state index in [1.54, 1.807) is 0 Å². The third-order valence-electron chi connectivity index (χ3n) is 4.46. The van der Waals surface area contributed by atoms with Gasteiger partial charge in [0.2, 0.25) is 5.91 Å². The summed E-state index contributed by atoms with van der Waals surface area (Å²) in [5.41, 5.74) is 0. The van der Waals surface area contributed by atoms with Crippen LogP contribution in [0.2, 0.25) is 0 Å². The summed E-state index contributed by atoms with van der Waals surface area (Å²) in [5, 5.41) is 3.17. The van der Waals surface area contributed by atoms with Crippen LogP contribution in [-0.2, 0) is 9.53 Å².